The normalized spacial score (nSPS) is 13.8. The van der Waals surface area contributed by atoms with E-state index in [2.05, 4.69) is 33.0 Å². The first kappa shape index (κ1) is 16.9. The number of urea groups is 1. The van der Waals surface area contributed by atoms with Crippen LogP contribution in [0.25, 0.3) is 0 Å². The zero-order chi connectivity index (χ0) is 14.0. The molecule has 0 heterocycles. The molecular weight excluding hydrogens is 228 g/mol. The van der Waals surface area contributed by atoms with Crippen molar-refractivity contribution in [3.05, 3.63) is 0 Å². The van der Waals surface area contributed by atoms with Crippen molar-refractivity contribution in [2.75, 3.05) is 13.1 Å². The van der Waals surface area contributed by atoms with E-state index in [9.17, 15) is 9.59 Å². The summed E-state index contributed by atoms with van der Waals surface area (Å²) >= 11 is 0. The molecule has 0 rings (SSSR count). The van der Waals surface area contributed by atoms with Gasteiger partial charge in [0.1, 0.15) is 0 Å². The van der Waals surface area contributed by atoms with Crippen molar-refractivity contribution in [1.82, 2.24) is 10.2 Å². The van der Waals surface area contributed by atoms with Crippen molar-refractivity contribution >= 4 is 12.4 Å². The second-order valence-electron chi connectivity index (χ2n) is 5.19. The number of carbonyl (C=O) groups is 2. The fourth-order valence-corrected chi connectivity index (χ4v) is 1.82. The third kappa shape index (κ3) is 7.30. The van der Waals surface area contributed by atoms with Gasteiger partial charge in [-0.05, 0) is 24.7 Å². The molecule has 106 valence electrons. The van der Waals surface area contributed by atoms with Gasteiger partial charge in [0.15, 0.2) is 0 Å². The summed E-state index contributed by atoms with van der Waals surface area (Å²) in [5.74, 6) is 0.967. The number of hydrogen-bond acceptors (Lipinski definition) is 2. The van der Waals surface area contributed by atoms with Crippen LogP contribution in [0, 0.1) is 11.8 Å². The molecule has 3 amide bonds. The predicted molar refractivity (Wildman–Crippen MR) is 74.3 cm³/mol. The second kappa shape index (κ2) is 9.92. The van der Waals surface area contributed by atoms with Crippen molar-refractivity contribution in [3.8, 4) is 0 Å². The lowest BCUT2D eigenvalue weighted by molar-refractivity contribution is -0.116. The fourth-order valence-electron chi connectivity index (χ4n) is 1.82. The van der Waals surface area contributed by atoms with Crippen LogP contribution in [-0.4, -0.2) is 30.4 Å². The van der Waals surface area contributed by atoms with Crippen LogP contribution in [0.1, 0.15) is 53.4 Å². The zero-order valence-electron chi connectivity index (χ0n) is 12.2. The topological polar surface area (TPSA) is 49.4 Å². The van der Waals surface area contributed by atoms with Crippen LogP contribution in [0.2, 0.25) is 0 Å². The van der Waals surface area contributed by atoms with Gasteiger partial charge >= 0.3 is 6.03 Å². The summed E-state index contributed by atoms with van der Waals surface area (Å²) < 4.78 is 0. The van der Waals surface area contributed by atoms with Gasteiger partial charge in [0.2, 0.25) is 6.41 Å². The van der Waals surface area contributed by atoms with Gasteiger partial charge in [-0.1, -0.05) is 40.5 Å². The van der Waals surface area contributed by atoms with Crippen molar-refractivity contribution in [2.45, 2.75) is 53.4 Å². The number of hydrogen-bond donors (Lipinski definition) is 1. The standard InChI is InChI=1S/C14H28N2O2/c1-5-7-13(4)10-16(11-17)14(18)15-9-8-12(3)6-2/h11-13H,5-10H2,1-4H3,(H,15,18). The lowest BCUT2D eigenvalue weighted by atomic mass is 10.1. The first-order chi connectivity index (χ1) is 8.54. The van der Waals surface area contributed by atoms with Gasteiger partial charge in [0.05, 0.1) is 0 Å². The monoisotopic (exact) mass is 256 g/mol. The maximum atomic E-state index is 11.8. The number of nitrogens with one attached hydrogen (secondary N) is 1. The van der Waals surface area contributed by atoms with E-state index >= 15 is 0 Å². The summed E-state index contributed by atoms with van der Waals surface area (Å²) in [5, 5.41) is 2.80. The van der Waals surface area contributed by atoms with Crippen molar-refractivity contribution in [2.24, 2.45) is 11.8 Å². The van der Waals surface area contributed by atoms with Crippen LogP contribution in [0.4, 0.5) is 4.79 Å². The van der Waals surface area contributed by atoms with Crippen LogP contribution in [0.5, 0.6) is 0 Å². The number of nitrogens with zero attached hydrogens (tertiary/aromatic N) is 1. The van der Waals surface area contributed by atoms with Crippen LogP contribution in [-0.2, 0) is 4.79 Å². The Labute approximate surface area is 111 Å². The highest BCUT2D eigenvalue weighted by molar-refractivity contribution is 5.84. The lowest BCUT2D eigenvalue weighted by Crippen LogP contribution is -2.41. The summed E-state index contributed by atoms with van der Waals surface area (Å²) in [6, 6.07) is -0.267. The van der Waals surface area contributed by atoms with Gasteiger partial charge in [-0.25, -0.2) is 4.79 Å². The molecule has 18 heavy (non-hydrogen) atoms. The summed E-state index contributed by atoms with van der Waals surface area (Å²) in [6.45, 7) is 9.61. The molecule has 0 saturated carbocycles. The first-order valence-corrected chi connectivity index (χ1v) is 7.04. The molecule has 0 bridgehead atoms. The average Bonchev–Trinajstić information content (AvgIpc) is 2.35. The van der Waals surface area contributed by atoms with Gasteiger partial charge < -0.3 is 5.32 Å². The maximum absolute atomic E-state index is 11.8. The molecule has 0 spiro atoms. The number of rotatable bonds is 9. The Morgan fingerprint density at radius 2 is 1.89 bits per heavy atom. The number of carbonyl (C=O) groups excluding carboxylic acids is 2. The SMILES string of the molecule is CCCC(C)CN(C=O)C(=O)NCCC(C)CC. The molecule has 0 aromatic heterocycles. The lowest BCUT2D eigenvalue weighted by Gasteiger charge is -2.20. The van der Waals surface area contributed by atoms with Gasteiger partial charge in [0, 0.05) is 13.1 Å². The van der Waals surface area contributed by atoms with Crippen molar-refractivity contribution in [3.63, 3.8) is 0 Å². The molecule has 0 fully saturated rings. The molecule has 0 aliphatic heterocycles. The third-order valence-corrected chi connectivity index (χ3v) is 3.29. The fraction of sp³-hybridized carbons (Fsp3) is 0.857. The highest BCUT2D eigenvalue weighted by Gasteiger charge is 2.15. The van der Waals surface area contributed by atoms with Gasteiger partial charge in [-0.3, -0.25) is 9.69 Å². The number of amides is 3. The van der Waals surface area contributed by atoms with Gasteiger partial charge in [0.25, 0.3) is 0 Å². The Hall–Kier alpha value is -1.06. The largest absolute Gasteiger partial charge is 0.338 e. The molecule has 4 heteroatoms. The molecule has 0 saturated heterocycles. The quantitative estimate of drug-likeness (QED) is 0.645. The molecule has 0 aliphatic rings. The molecule has 1 N–H and O–H groups in total. The Bertz CT molecular complexity index is 244. The number of imide groups is 1. The van der Waals surface area contributed by atoms with E-state index in [4.69, 9.17) is 0 Å². The van der Waals surface area contributed by atoms with Crippen LogP contribution in [0.15, 0.2) is 0 Å². The first-order valence-electron chi connectivity index (χ1n) is 7.04. The Balaban J connectivity index is 3.99. The van der Waals surface area contributed by atoms with E-state index in [1.54, 1.807) is 0 Å². The summed E-state index contributed by atoms with van der Waals surface area (Å²) in [5.41, 5.74) is 0. The smallest absolute Gasteiger partial charge is 0.323 e. The Kier molecular flexibility index (Phi) is 9.33. The molecular formula is C14H28N2O2. The molecule has 0 aromatic rings. The minimum Gasteiger partial charge on any atom is -0.338 e. The van der Waals surface area contributed by atoms with E-state index in [1.165, 1.54) is 4.90 Å². The summed E-state index contributed by atoms with van der Waals surface area (Å²) in [7, 11) is 0. The van der Waals surface area contributed by atoms with Crippen molar-refractivity contribution in [1.29, 1.82) is 0 Å². The minimum atomic E-state index is -0.267. The minimum absolute atomic E-state index is 0.267. The third-order valence-electron chi connectivity index (χ3n) is 3.29. The molecule has 0 aliphatic carbocycles. The molecule has 0 aromatic carbocycles. The highest BCUT2D eigenvalue weighted by Crippen LogP contribution is 2.07. The van der Waals surface area contributed by atoms with E-state index in [1.807, 2.05) is 0 Å². The predicted octanol–water partition coefficient (Wildman–Crippen LogP) is 3.03. The van der Waals surface area contributed by atoms with Crippen LogP contribution in [0.3, 0.4) is 0 Å². The summed E-state index contributed by atoms with van der Waals surface area (Å²) in [4.78, 5) is 23.9. The van der Waals surface area contributed by atoms with E-state index in [-0.39, 0.29) is 6.03 Å². The van der Waals surface area contributed by atoms with Crippen LogP contribution >= 0.6 is 0 Å². The molecule has 0 radical (unpaired) electrons. The summed E-state index contributed by atoms with van der Waals surface area (Å²) in [6.07, 6.45) is 4.80. The van der Waals surface area contributed by atoms with Crippen LogP contribution < -0.4 is 5.32 Å². The van der Waals surface area contributed by atoms with Crippen molar-refractivity contribution < 1.29 is 9.59 Å². The molecule has 2 unspecified atom stereocenters. The maximum Gasteiger partial charge on any atom is 0.323 e. The Morgan fingerprint density at radius 3 is 2.39 bits per heavy atom. The van der Waals surface area contributed by atoms with E-state index in [0.29, 0.717) is 31.3 Å². The van der Waals surface area contributed by atoms with E-state index in [0.717, 1.165) is 25.7 Å². The molecule has 2 atom stereocenters. The van der Waals surface area contributed by atoms with E-state index < -0.39 is 0 Å². The van der Waals surface area contributed by atoms with Gasteiger partial charge in [-0.15, -0.1) is 0 Å². The molecule has 4 nitrogen and oxygen atoms in total. The average molecular weight is 256 g/mol. The Morgan fingerprint density at radius 1 is 1.22 bits per heavy atom. The second-order valence-corrected chi connectivity index (χ2v) is 5.19. The zero-order valence-corrected chi connectivity index (χ0v) is 12.2. The highest BCUT2D eigenvalue weighted by atomic mass is 16.2. The van der Waals surface area contributed by atoms with Gasteiger partial charge in [-0.2, -0.15) is 0 Å².